The summed E-state index contributed by atoms with van der Waals surface area (Å²) in [6.07, 6.45) is 3.05. The highest BCUT2D eigenvalue weighted by molar-refractivity contribution is 6.42. The Hall–Kier alpha value is -1.07. The van der Waals surface area contributed by atoms with Crippen LogP contribution in [0.5, 0.6) is 0 Å². The number of hydrogen-bond donors (Lipinski definition) is 2. The summed E-state index contributed by atoms with van der Waals surface area (Å²) < 4.78 is 5.00. The van der Waals surface area contributed by atoms with Gasteiger partial charge in [-0.1, -0.05) is 29.3 Å². The largest absolute Gasteiger partial charge is 0.394 e. The molecule has 0 aliphatic heterocycles. The Morgan fingerprint density at radius 3 is 2.79 bits per heavy atom. The molecule has 0 aromatic heterocycles. The van der Waals surface area contributed by atoms with Crippen LogP contribution in [0.15, 0.2) is 24.3 Å². The highest BCUT2D eigenvalue weighted by Gasteiger charge is 1.98. The van der Waals surface area contributed by atoms with Gasteiger partial charge in [0.05, 0.1) is 29.9 Å². The van der Waals surface area contributed by atoms with Gasteiger partial charge in [-0.25, -0.2) is 0 Å². The number of benzene rings is 1. The maximum absolute atomic E-state index is 11.4. The number of ether oxygens (including phenoxy) is 1. The van der Waals surface area contributed by atoms with Crippen LogP contribution in [0, 0.1) is 0 Å². The van der Waals surface area contributed by atoms with E-state index in [1.165, 1.54) is 6.08 Å². The van der Waals surface area contributed by atoms with E-state index in [2.05, 4.69) is 5.32 Å². The van der Waals surface area contributed by atoms with Crippen LogP contribution in [0.4, 0.5) is 0 Å². The zero-order valence-electron chi connectivity index (χ0n) is 10.2. The summed E-state index contributed by atoms with van der Waals surface area (Å²) in [6, 6.07) is 5.12. The maximum Gasteiger partial charge on any atom is 0.244 e. The quantitative estimate of drug-likeness (QED) is 0.599. The van der Waals surface area contributed by atoms with Crippen molar-refractivity contribution >= 4 is 35.2 Å². The molecule has 2 N–H and O–H groups in total. The molecule has 0 saturated heterocycles. The van der Waals surface area contributed by atoms with Crippen molar-refractivity contribution in [3.05, 3.63) is 39.9 Å². The molecule has 1 rings (SSSR count). The standard InChI is InChI=1S/C13H15Cl2NO3/c14-11-3-1-10(9-12(11)15)2-4-13(18)16-5-7-19-8-6-17/h1-4,9,17H,5-8H2,(H,16,18)/b4-2+. The van der Waals surface area contributed by atoms with Gasteiger partial charge in [0.1, 0.15) is 0 Å². The van der Waals surface area contributed by atoms with Crippen LogP contribution in [0.1, 0.15) is 5.56 Å². The van der Waals surface area contributed by atoms with E-state index < -0.39 is 0 Å². The zero-order valence-corrected chi connectivity index (χ0v) is 11.7. The second kappa shape index (κ2) is 8.93. The van der Waals surface area contributed by atoms with Crippen molar-refractivity contribution in [2.24, 2.45) is 0 Å². The first kappa shape index (κ1) is 16.0. The Morgan fingerprint density at radius 2 is 2.11 bits per heavy atom. The van der Waals surface area contributed by atoms with Crippen molar-refractivity contribution in [2.45, 2.75) is 0 Å². The van der Waals surface area contributed by atoms with E-state index in [0.717, 1.165) is 5.56 Å². The summed E-state index contributed by atoms with van der Waals surface area (Å²) in [6.45, 7) is 1.01. The molecule has 0 aliphatic carbocycles. The third-order valence-corrected chi connectivity index (χ3v) is 2.89. The molecule has 0 unspecified atom stereocenters. The normalized spacial score (nSPS) is 10.9. The lowest BCUT2D eigenvalue weighted by Gasteiger charge is -2.03. The second-order valence-corrected chi connectivity index (χ2v) is 4.45. The summed E-state index contributed by atoms with van der Waals surface area (Å²) in [5.41, 5.74) is 0.793. The number of nitrogens with one attached hydrogen (secondary N) is 1. The topological polar surface area (TPSA) is 58.6 Å². The lowest BCUT2D eigenvalue weighted by atomic mass is 10.2. The molecule has 4 nitrogen and oxygen atoms in total. The molecule has 19 heavy (non-hydrogen) atoms. The van der Waals surface area contributed by atoms with Gasteiger partial charge in [0.15, 0.2) is 0 Å². The minimum Gasteiger partial charge on any atom is -0.394 e. The van der Waals surface area contributed by atoms with Gasteiger partial charge in [0.25, 0.3) is 0 Å². The first-order valence-corrected chi connectivity index (χ1v) is 6.48. The van der Waals surface area contributed by atoms with Gasteiger partial charge < -0.3 is 15.2 Å². The Labute approximate surface area is 122 Å². The molecule has 0 aliphatic rings. The van der Waals surface area contributed by atoms with Crippen LogP contribution >= 0.6 is 23.2 Å². The number of carbonyl (C=O) groups is 1. The highest BCUT2D eigenvalue weighted by Crippen LogP contribution is 2.22. The SMILES string of the molecule is O=C(/C=C/c1ccc(Cl)c(Cl)c1)NCCOCCO. The first-order chi connectivity index (χ1) is 9.13. The van der Waals surface area contributed by atoms with Gasteiger partial charge in [0, 0.05) is 12.6 Å². The van der Waals surface area contributed by atoms with E-state index in [4.69, 9.17) is 33.0 Å². The van der Waals surface area contributed by atoms with Crippen LogP contribution in [-0.4, -0.2) is 37.4 Å². The summed E-state index contributed by atoms with van der Waals surface area (Å²) in [4.78, 5) is 11.4. The molecule has 1 aromatic rings. The number of amides is 1. The lowest BCUT2D eigenvalue weighted by molar-refractivity contribution is -0.116. The number of carbonyl (C=O) groups excluding carboxylic acids is 1. The summed E-state index contributed by atoms with van der Waals surface area (Å²) in [5, 5.41) is 12.1. The summed E-state index contributed by atoms with van der Waals surface area (Å²) >= 11 is 11.6. The van der Waals surface area contributed by atoms with Crippen molar-refractivity contribution in [3.63, 3.8) is 0 Å². The Morgan fingerprint density at radius 1 is 1.32 bits per heavy atom. The maximum atomic E-state index is 11.4. The lowest BCUT2D eigenvalue weighted by Crippen LogP contribution is -2.25. The fourth-order valence-corrected chi connectivity index (χ4v) is 1.57. The van der Waals surface area contributed by atoms with Crippen LogP contribution in [0.25, 0.3) is 6.08 Å². The zero-order chi connectivity index (χ0) is 14.1. The minimum absolute atomic E-state index is 0.0226. The first-order valence-electron chi connectivity index (χ1n) is 5.73. The van der Waals surface area contributed by atoms with E-state index >= 15 is 0 Å². The Kier molecular flexibility index (Phi) is 7.52. The van der Waals surface area contributed by atoms with E-state index in [-0.39, 0.29) is 19.1 Å². The molecular weight excluding hydrogens is 289 g/mol. The third kappa shape index (κ3) is 6.59. The molecule has 0 spiro atoms. The molecule has 0 saturated carbocycles. The molecule has 1 aromatic carbocycles. The summed E-state index contributed by atoms with van der Waals surface area (Å²) in [7, 11) is 0. The molecule has 1 amide bonds. The number of rotatable bonds is 7. The third-order valence-electron chi connectivity index (χ3n) is 2.15. The predicted molar refractivity (Wildman–Crippen MR) is 76.4 cm³/mol. The fraction of sp³-hybridized carbons (Fsp3) is 0.308. The molecule has 0 bridgehead atoms. The van der Waals surface area contributed by atoms with Crippen molar-refractivity contribution in [1.29, 1.82) is 0 Å². The number of halogens is 2. The van der Waals surface area contributed by atoms with Crippen LogP contribution in [0.2, 0.25) is 10.0 Å². The van der Waals surface area contributed by atoms with Gasteiger partial charge in [-0.2, -0.15) is 0 Å². The van der Waals surface area contributed by atoms with Crippen LogP contribution in [-0.2, 0) is 9.53 Å². The average Bonchev–Trinajstić information content (AvgIpc) is 2.40. The van der Waals surface area contributed by atoms with Crippen molar-refractivity contribution < 1.29 is 14.6 Å². The van der Waals surface area contributed by atoms with E-state index in [1.807, 2.05) is 0 Å². The van der Waals surface area contributed by atoms with Crippen LogP contribution < -0.4 is 5.32 Å². The van der Waals surface area contributed by atoms with Gasteiger partial charge >= 0.3 is 0 Å². The molecule has 6 heteroatoms. The molecule has 104 valence electrons. The van der Waals surface area contributed by atoms with Gasteiger partial charge in [0.2, 0.25) is 5.91 Å². The second-order valence-electron chi connectivity index (χ2n) is 3.63. The number of aliphatic hydroxyl groups excluding tert-OH is 1. The molecule has 0 heterocycles. The molecule has 0 fully saturated rings. The smallest absolute Gasteiger partial charge is 0.244 e. The average molecular weight is 304 g/mol. The van der Waals surface area contributed by atoms with E-state index in [9.17, 15) is 4.79 Å². The predicted octanol–water partition coefficient (Wildman–Crippen LogP) is 2.13. The minimum atomic E-state index is -0.223. The number of aliphatic hydroxyl groups is 1. The highest BCUT2D eigenvalue weighted by atomic mass is 35.5. The van der Waals surface area contributed by atoms with E-state index in [0.29, 0.717) is 23.2 Å². The molecular formula is C13H15Cl2NO3. The molecule has 0 atom stereocenters. The van der Waals surface area contributed by atoms with Crippen molar-refractivity contribution in [1.82, 2.24) is 5.32 Å². The Bertz CT molecular complexity index is 450. The van der Waals surface area contributed by atoms with Crippen LogP contribution in [0.3, 0.4) is 0 Å². The molecule has 0 radical (unpaired) electrons. The van der Waals surface area contributed by atoms with E-state index in [1.54, 1.807) is 24.3 Å². The fourth-order valence-electron chi connectivity index (χ4n) is 1.26. The number of hydrogen-bond acceptors (Lipinski definition) is 3. The summed E-state index contributed by atoms with van der Waals surface area (Å²) in [5.74, 6) is -0.223. The van der Waals surface area contributed by atoms with Crippen molar-refractivity contribution in [3.8, 4) is 0 Å². The Balaban J connectivity index is 2.34. The van der Waals surface area contributed by atoms with Gasteiger partial charge in [-0.05, 0) is 23.8 Å². The van der Waals surface area contributed by atoms with Gasteiger partial charge in [-0.15, -0.1) is 0 Å². The monoisotopic (exact) mass is 303 g/mol. The van der Waals surface area contributed by atoms with Crippen molar-refractivity contribution in [2.75, 3.05) is 26.4 Å². The van der Waals surface area contributed by atoms with Gasteiger partial charge in [-0.3, -0.25) is 4.79 Å².